The second-order valence-electron chi connectivity index (χ2n) is 4.14. The minimum Gasteiger partial charge on any atom is -0.382 e. The van der Waals surface area contributed by atoms with Crippen molar-refractivity contribution in [2.75, 3.05) is 26.8 Å². The Morgan fingerprint density at radius 2 is 1.83 bits per heavy atom. The minimum absolute atomic E-state index is 0.284. The van der Waals surface area contributed by atoms with Gasteiger partial charge in [-0.3, -0.25) is 0 Å². The lowest BCUT2D eigenvalue weighted by molar-refractivity contribution is 0.115. The van der Waals surface area contributed by atoms with Crippen molar-refractivity contribution in [3.05, 3.63) is 0 Å². The molecular weight excluding hydrogens is 150 g/mol. The van der Waals surface area contributed by atoms with Gasteiger partial charge >= 0.3 is 0 Å². The van der Waals surface area contributed by atoms with Gasteiger partial charge < -0.3 is 9.64 Å². The molecule has 0 heterocycles. The molecule has 2 nitrogen and oxygen atoms in total. The van der Waals surface area contributed by atoms with E-state index in [4.69, 9.17) is 4.74 Å². The topological polar surface area (TPSA) is 12.5 Å². The van der Waals surface area contributed by atoms with Crippen molar-refractivity contribution in [3.8, 4) is 0 Å². The molecular formula is C10H23NO. The van der Waals surface area contributed by atoms with Crippen molar-refractivity contribution in [2.24, 2.45) is 0 Å². The fourth-order valence-electron chi connectivity index (χ4n) is 0.884. The van der Waals surface area contributed by atoms with Gasteiger partial charge in [-0.2, -0.15) is 0 Å². The van der Waals surface area contributed by atoms with E-state index in [1.54, 1.807) is 0 Å². The summed E-state index contributed by atoms with van der Waals surface area (Å²) in [7, 11) is 2.16. The normalized spacial score (nSPS) is 12.5. The first-order valence-corrected chi connectivity index (χ1v) is 4.77. The summed E-state index contributed by atoms with van der Waals surface area (Å²) in [5.74, 6) is 0. The van der Waals surface area contributed by atoms with Crippen molar-refractivity contribution in [3.63, 3.8) is 0 Å². The van der Waals surface area contributed by atoms with E-state index < -0.39 is 0 Å². The molecule has 0 aromatic rings. The standard InChI is InChI=1S/C10H23NO/c1-6-12-9-7-8-11(5)10(2,3)4/h6-9H2,1-5H3. The predicted molar refractivity (Wildman–Crippen MR) is 53.5 cm³/mol. The van der Waals surface area contributed by atoms with Gasteiger partial charge in [-0.1, -0.05) is 0 Å². The molecule has 0 aromatic carbocycles. The van der Waals surface area contributed by atoms with E-state index >= 15 is 0 Å². The molecule has 0 N–H and O–H groups in total. The van der Waals surface area contributed by atoms with Gasteiger partial charge in [0.15, 0.2) is 0 Å². The highest BCUT2D eigenvalue weighted by atomic mass is 16.5. The highest BCUT2D eigenvalue weighted by molar-refractivity contribution is 4.72. The Morgan fingerprint density at radius 3 is 2.25 bits per heavy atom. The van der Waals surface area contributed by atoms with E-state index in [9.17, 15) is 0 Å². The molecule has 0 spiro atoms. The van der Waals surface area contributed by atoms with Crippen LogP contribution in [0, 0.1) is 0 Å². The third kappa shape index (κ3) is 5.56. The lowest BCUT2D eigenvalue weighted by Gasteiger charge is -2.31. The third-order valence-electron chi connectivity index (χ3n) is 2.13. The highest BCUT2D eigenvalue weighted by Crippen LogP contribution is 2.10. The summed E-state index contributed by atoms with van der Waals surface area (Å²) in [6, 6.07) is 0. The Morgan fingerprint density at radius 1 is 1.25 bits per heavy atom. The van der Waals surface area contributed by atoms with E-state index in [0.717, 1.165) is 26.2 Å². The molecule has 0 radical (unpaired) electrons. The molecule has 0 bridgehead atoms. The van der Waals surface area contributed by atoms with Crippen LogP contribution in [0.4, 0.5) is 0 Å². The first-order valence-electron chi connectivity index (χ1n) is 4.77. The van der Waals surface area contributed by atoms with E-state index in [-0.39, 0.29) is 5.54 Å². The number of rotatable bonds is 5. The predicted octanol–water partition coefficient (Wildman–Crippen LogP) is 2.14. The molecule has 0 fully saturated rings. The number of hydrogen-bond acceptors (Lipinski definition) is 2. The van der Waals surface area contributed by atoms with Crippen LogP contribution in [-0.2, 0) is 4.74 Å². The zero-order valence-electron chi connectivity index (χ0n) is 9.18. The summed E-state index contributed by atoms with van der Waals surface area (Å²) < 4.78 is 5.27. The van der Waals surface area contributed by atoms with E-state index in [1.165, 1.54) is 0 Å². The molecule has 0 saturated heterocycles. The number of nitrogens with zero attached hydrogens (tertiary/aromatic N) is 1. The lowest BCUT2D eigenvalue weighted by Crippen LogP contribution is -2.38. The first kappa shape index (κ1) is 11.9. The molecule has 0 aromatic heterocycles. The van der Waals surface area contributed by atoms with Gasteiger partial charge in [0.2, 0.25) is 0 Å². The van der Waals surface area contributed by atoms with Crippen LogP contribution in [0.25, 0.3) is 0 Å². The van der Waals surface area contributed by atoms with Crippen LogP contribution in [-0.4, -0.2) is 37.2 Å². The average Bonchev–Trinajstić information content (AvgIpc) is 1.96. The molecule has 0 amide bonds. The fraction of sp³-hybridized carbons (Fsp3) is 1.00. The van der Waals surface area contributed by atoms with Crippen molar-refractivity contribution in [2.45, 2.75) is 39.7 Å². The number of hydrogen-bond donors (Lipinski definition) is 0. The molecule has 2 heteroatoms. The smallest absolute Gasteiger partial charge is 0.0478 e. The summed E-state index contributed by atoms with van der Waals surface area (Å²) in [6.07, 6.45) is 1.13. The van der Waals surface area contributed by atoms with Crippen LogP contribution >= 0.6 is 0 Å². The first-order chi connectivity index (χ1) is 5.48. The van der Waals surface area contributed by atoms with Crippen LogP contribution < -0.4 is 0 Å². The molecule has 0 unspecified atom stereocenters. The largest absolute Gasteiger partial charge is 0.382 e. The second kappa shape index (κ2) is 5.55. The van der Waals surface area contributed by atoms with Crippen LogP contribution in [0.5, 0.6) is 0 Å². The Labute approximate surface area is 76.9 Å². The van der Waals surface area contributed by atoms with Crippen LogP contribution in [0.15, 0.2) is 0 Å². The fourth-order valence-corrected chi connectivity index (χ4v) is 0.884. The minimum atomic E-state index is 0.284. The summed E-state index contributed by atoms with van der Waals surface area (Å²) in [6.45, 7) is 11.6. The zero-order chi connectivity index (χ0) is 9.61. The van der Waals surface area contributed by atoms with Gasteiger partial charge in [0.25, 0.3) is 0 Å². The number of ether oxygens (including phenoxy) is 1. The van der Waals surface area contributed by atoms with Gasteiger partial charge in [-0.25, -0.2) is 0 Å². The van der Waals surface area contributed by atoms with Crippen molar-refractivity contribution >= 4 is 0 Å². The van der Waals surface area contributed by atoms with E-state index in [2.05, 4.69) is 32.7 Å². The Balaban J connectivity index is 3.38. The second-order valence-corrected chi connectivity index (χ2v) is 4.14. The van der Waals surface area contributed by atoms with Gasteiger partial charge in [0.1, 0.15) is 0 Å². The summed E-state index contributed by atoms with van der Waals surface area (Å²) in [4.78, 5) is 2.35. The van der Waals surface area contributed by atoms with E-state index in [1.807, 2.05) is 6.92 Å². The van der Waals surface area contributed by atoms with Crippen molar-refractivity contribution < 1.29 is 4.74 Å². The molecule has 0 aliphatic heterocycles. The molecule has 0 saturated carbocycles. The Bertz CT molecular complexity index is 107. The van der Waals surface area contributed by atoms with Gasteiger partial charge in [-0.15, -0.1) is 0 Å². The maximum Gasteiger partial charge on any atom is 0.0478 e. The third-order valence-corrected chi connectivity index (χ3v) is 2.13. The van der Waals surface area contributed by atoms with Crippen LogP contribution in [0.3, 0.4) is 0 Å². The van der Waals surface area contributed by atoms with Crippen LogP contribution in [0.2, 0.25) is 0 Å². The Kier molecular flexibility index (Phi) is 5.51. The molecule has 0 aliphatic carbocycles. The quantitative estimate of drug-likeness (QED) is 0.591. The highest BCUT2D eigenvalue weighted by Gasteiger charge is 2.15. The van der Waals surface area contributed by atoms with Crippen molar-refractivity contribution in [1.29, 1.82) is 0 Å². The monoisotopic (exact) mass is 173 g/mol. The lowest BCUT2D eigenvalue weighted by atomic mass is 10.1. The molecule has 12 heavy (non-hydrogen) atoms. The van der Waals surface area contributed by atoms with E-state index in [0.29, 0.717) is 0 Å². The van der Waals surface area contributed by atoms with Gasteiger partial charge in [-0.05, 0) is 41.2 Å². The SMILES string of the molecule is CCOCCCN(C)C(C)(C)C. The molecule has 0 rings (SSSR count). The van der Waals surface area contributed by atoms with Gasteiger partial charge in [0, 0.05) is 25.3 Å². The Hall–Kier alpha value is -0.0800. The molecule has 0 atom stereocenters. The average molecular weight is 173 g/mol. The summed E-state index contributed by atoms with van der Waals surface area (Å²) in [5.41, 5.74) is 0.284. The van der Waals surface area contributed by atoms with Crippen LogP contribution in [0.1, 0.15) is 34.1 Å². The summed E-state index contributed by atoms with van der Waals surface area (Å²) in [5, 5.41) is 0. The maximum absolute atomic E-state index is 5.27. The maximum atomic E-state index is 5.27. The molecule has 0 aliphatic rings. The van der Waals surface area contributed by atoms with Crippen molar-refractivity contribution in [1.82, 2.24) is 4.90 Å². The van der Waals surface area contributed by atoms with Gasteiger partial charge in [0.05, 0.1) is 0 Å². The zero-order valence-corrected chi connectivity index (χ0v) is 9.18. The molecule has 74 valence electrons. The summed E-state index contributed by atoms with van der Waals surface area (Å²) >= 11 is 0.